The zero-order valence-electron chi connectivity index (χ0n) is 10.9. The smallest absolute Gasteiger partial charge is 0.194 e. The Morgan fingerprint density at radius 1 is 1.72 bits per heavy atom. The molecule has 1 fully saturated rings. The molecule has 0 bridgehead atoms. The van der Waals surface area contributed by atoms with E-state index in [0.717, 1.165) is 30.5 Å². The fourth-order valence-corrected chi connectivity index (χ4v) is 2.71. The molecule has 18 heavy (non-hydrogen) atoms. The first-order valence-electron chi connectivity index (χ1n) is 6.31. The van der Waals surface area contributed by atoms with E-state index in [4.69, 9.17) is 0 Å². The molecule has 0 spiro atoms. The maximum atomic E-state index is 9.57. The van der Waals surface area contributed by atoms with E-state index in [2.05, 4.69) is 27.1 Å². The Hall–Kier alpha value is -1.14. The van der Waals surface area contributed by atoms with Gasteiger partial charge in [0, 0.05) is 30.7 Å². The molecular weight excluding hydrogens is 248 g/mol. The number of aryl methyl sites for hydroxylation is 1. The number of nitrogens with one attached hydrogen (secondary N) is 1. The lowest BCUT2D eigenvalue weighted by Gasteiger charge is -2.20. The van der Waals surface area contributed by atoms with Crippen molar-refractivity contribution in [3.8, 4) is 0 Å². The third-order valence-electron chi connectivity index (χ3n) is 2.85. The minimum absolute atomic E-state index is 0.223. The van der Waals surface area contributed by atoms with Gasteiger partial charge in [-0.25, -0.2) is 9.98 Å². The summed E-state index contributed by atoms with van der Waals surface area (Å²) in [5, 5.41) is 13.9. The van der Waals surface area contributed by atoms with Crippen molar-refractivity contribution >= 4 is 17.3 Å². The fraction of sp³-hybridized carbons (Fsp3) is 0.667. The fourth-order valence-electron chi connectivity index (χ4n) is 1.99. The second kappa shape index (κ2) is 6.15. The molecule has 2 rings (SSSR count). The minimum Gasteiger partial charge on any atom is -0.391 e. The van der Waals surface area contributed by atoms with Gasteiger partial charge < -0.3 is 15.3 Å². The molecule has 100 valence electrons. The zero-order chi connectivity index (χ0) is 13.0. The molecular formula is C12H20N4OS. The van der Waals surface area contributed by atoms with Gasteiger partial charge in [0.2, 0.25) is 0 Å². The largest absolute Gasteiger partial charge is 0.391 e. The van der Waals surface area contributed by atoms with E-state index in [1.54, 1.807) is 11.3 Å². The Labute approximate surface area is 112 Å². The van der Waals surface area contributed by atoms with Crippen LogP contribution in [-0.4, -0.2) is 46.7 Å². The summed E-state index contributed by atoms with van der Waals surface area (Å²) in [5.41, 5.74) is 0. The first-order chi connectivity index (χ1) is 8.69. The third kappa shape index (κ3) is 3.43. The van der Waals surface area contributed by atoms with Crippen molar-refractivity contribution < 1.29 is 5.11 Å². The van der Waals surface area contributed by atoms with Crippen molar-refractivity contribution in [2.45, 2.75) is 32.9 Å². The number of aliphatic imine (C=N–C) groups is 1. The number of aliphatic hydroxyl groups is 1. The Balaban J connectivity index is 2.00. The summed E-state index contributed by atoms with van der Waals surface area (Å²) in [7, 11) is 0. The van der Waals surface area contributed by atoms with E-state index in [-0.39, 0.29) is 6.10 Å². The van der Waals surface area contributed by atoms with Crippen LogP contribution in [0.2, 0.25) is 0 Å². The van der Waals surface area contributed by atoms with Crippen LogP contribution in [0, 0.1) is 6.92 Å². The molecule has 2 N–H and O–H groups in total. The number of rotatable bonds is 3. The molecule has 0 aromatic carbocycles. The lowest BCUT2D eigenvalue weighted by Crippen LogP contribution is -2.40. The van der Waals surface area contributed by atoms with Crippen LogP contribution in [0.5, 0.6) is 0 Å². The molecule has 1 aliphatic heterocycles. The molecule has 0 amide bonds. The number of aromatic nitrogens is 1. The van der Waals surface area contributed by atoms with Gasteiger partial charge in [-0.3, -0.25) is 0 Å². The van der Waals surface area contributed by atoms with Crippen LogP contribution in [0.3, 0.4) is 0 Å². The number of aliphatic hydroxyl groups excluding tert-OH is 1. The lowest BCUT2D eigenvalue weighted by atomic mass is 10.3. The average Bonchev–Trinajstić information content (AvgIpc) is 2.94. The van der Waals surface area contributed by atoms with Gasteiger partial charge in [-0.2, -0.15) is 0 Å². The molecule has 1 aromatic heterocycles. The van der Waals surface area contributed by atoms with Crippen molar-refractivity contribution in [2.24, 2.45) is 4.99 Å². The first kappa shape index (κ1) is 13.3. The van der Waals surface area contributed by atoms with E-state index in [0.29, 0.717) is 13.1 Å². The predicted molar refractivity (Wildman–Crippen MR) is 73.9 cm³/mol. The number of nitrogens with zero attached hydrogens (tertiary/aromatic N) is 3. The minimum atomic E-state index is -0.223. The lowest BCUT2D eigenvalue weighted by molar-refractivity contribution is 0.188. The molecule has 0 unspecified atom stereocenters. The average molecular weight is 268 g/mol. The SMILES string of the molecule is CCNC(=NCc1cnc(C)s1)N1CC[C@@H](O)C1. The van der Waals surface area contributed by atoms with Crippen LogP contribution >= 0.6 is 11.3 Å². The van der Waals surface area contributed by atoms with Crippen molar-refractivity contribution in [1.82, 2.24) is 15.2 Å². The summed E-state index contributed by atoms with van der Waals surface area (Å²) >= 11 is 1.68. The highest BCUT2D eigenvalue weighted by molar-refractivity contribution is 7.11. The Kier molecular flexibility index (Phi) is 4.54. The summed E-state index contributed by atoms with van der Waals surface area (Å²) < 4.78 is 0. The molecule has 2 heterocycles. The number of thiazole rings is 1. The second-order valence-corrected chi connectivity index (χ2v) is 5.72. The van der Waals surface area contributed by atoms with Crippen LogP contribution in [0.4, 0.5) is 0 Å². The highest BCUT2D eigenvalue weighted by Gasteiger charge is 2.22. The highest BCUT2D eigenvalue weighted by Crippen LogP contribution is 2.14. The summed E-state index contributed by atoms with van der Waals surface area (Å²) in [6.45, 7) is 7.09. The van der Waals surface area contributed by atoms with Crippen LogP contribution in [0.15, 0.2) is 11.2 Å². The molecule has 0 saturated carbocycles. The Morgan fingerprint density at radius 3 is 3.11 bits per heavy atom. The van der Waals surface area contributed by atoms with Crippen molar-refractivity contribution in [1.29, 1.82) is 0 Å². The van der Waals surface area contributed by atoms with E-state index < -0.39 is 0 Å². The van der Waals surface area contributed by atoms with Crippen molar-refractivity contribution in [2.75, 3.05) is 19.6 Å². The first-order valence-corrected chi connectivity index (χ1v) is 7.13. The molecule has 0 aliphatic carbocycles. The van der Waals surface area contributed by atoms with E-state index in [9.17, 15) is 5.11 Å². The molecule has 1 saturated heterocycles. The molecule has 5 nitrogen and oxygen atoms in total. The number of likely N-dealkylation sites (tertiary alicyclic amines) is 1. The van der Waals surface area contributed by atoms with Gasteiger partial charge in [-0.05, 0) is 20.3 Å². The number of guanidine groups is 1. The van der Waals surface area contributed by atoms with Crippen LogP contribution in [0.25, 0.3) is 0 Å². The standard InChI is InChI=1S/C12H20N4OS/c1-3-13-12(16-5-4-10(17)8-16)15-7-11-6-14-9(2)18-11/h6,10,17H,3-5,7-8H2,1-2H3,(H,13,15)/t10-/m1/s1. The van der Waals surface area contributed by atoms with E-state index in [1.807, 2.05) is 13.1 Å². The summed E-state index contributed by atoms with van der Waals surface area (Å²) in [5.74, 6) is 0.889. The Morgan fingerprint density at radius 2 is 2.56 bits per heavy atom. The summed E-state index contributed by atoms with van der Waals surface area (Å²) in [6.07, 6.45) is 2.48. The quantitative estimate of drug-likeness (QED) is 0.634. The zero-order valence-corrected chi connectivity index (χ0v) is 11.7. The van der Waals surface area contributed by atoms with Gasteiger partial charge >= 0.3 is 0 Å². The van der Waals surface area contributed by atoms with Crippen molar-refractivity contribution in [3.05, 3.63) is 16.1 Å². The van der Waals surface area contributed by atoms with Crippen LogP contribution in [0.1, 0.15) is 23.2 Å². The normalized spacial score (nSPS) is 20.5. The number of hydrogen-bond acceptors (Lipinski definition) is 4. The molecule has 0 radical (unpaired) electrons. The van der Waals surface area contributed by atoms with Crippen LogP contribution in [-0.2, 0) is 6.54 Å². The monoisotopic (exact) mass is 268 g/mol. The molecule has 1 aliphatic rings. The Bertz CT molecular complexity index is 418. The van der Waals surface area contributed by atoms with Gasteiger partial charge in [-0.1, -0.05) is 0 Å². The number of β-amino-alcohol motifs (C(OH)–C–C–N with tert-alkyl or cyclic N) is 1. The summed E-state index contributed by atoms with van der Waals surface area (Å²) in [6, 6.07) is 0. The van der Waals surface area contributed by atoms with Gasteiger partial charge in [0.15, 0.2) is 5.96 Å². The van der Waals surface area contributed by atoms with E-state index in [1.165, 1.54) is 4.88 Å². The van der Waals surface area contributed by atoms with Gasteiger partial charge in [0.1, 0.15) is 0 Å². The summed E-state index contributed by atoms with van der Waals surface area (Å²) in [4.78, 5) is 12.1. The van der Waals surface area contributed by atoms with Gasteiger partial charge in [0.25, 0.3) is 0 Å². The predicted octanol–water partition coefficient (Wildman–Crippen LogP) is 0.984. The second-order valence-electron chi connectivity index (χ2n) is 4.40. The van der Waals surface area contributed by atoms with Gasteiger partial charge in [-0.15, -0.1) is 11.3 Å². The number of hydrogen-bond donors (Lipinski definition) is 2. The van der Waals surface area contributed by atoms with Crippen LogP contribution < -0.4 is 5.32 Å². The highest BCUT2D eigenvalue weighted by atomic mass is 32.1. The molecule has 6 heteroatoms. The maximum absolute atomic E-state index is 9.57. The molecule has 1 aromatic rings. The van der Waals surface area contributed by atoms with E-state index >= 15 is 0 Å². The van der Waals surface area contributed by atoms with Crippen molar-refractivity contribution in [3.63, 3.8) is 0 Å². The van der Waals surface area contributed by atoms with Gasteiger partial charge in [0.05, 0.1) is 17.7 Å². The molecule has 1 atom stereocenters. The maximum Gasteiger partial charge on any atom is 0.194 e. The third-order valence-corrected chi connectivity index (χ3v) is 3.75. The topological polar surface area (TPSA) is 60.8 Å².